The van der Waals surface area contributed by atoms with Crippen molar-refractivity contribution in [2.24, 2.45) is 0 Å². The van der Waals surface area contributed by atoms with Gasteiger partial charge >= 0.3 is 5.97 Å². The van der Waals surface area contributed by atoms with E-state index >= 15 is 0 Å². The number of carboxylic acid groups (broad SMARTS) is 1. The number of phenols is 1. The molecule has 80 valence electrons. The van der Waals surface area contributed by atoms with Crippen LogP contribution in [0.4, 0.5) is 0 Å². The Balaban J connectivity index is 3.19. The molecule has 0 unspecified atom stereocenters. The molecule has 0 heterocycles. The summed E-state index contributed by atoms with van der Waals surface area (Å²) in [6.45, 7) is 1.94. The number of hydrogen-bond donors (Lipinski definition) is 2. The number of hydrogen-bond acceptors (Lipinski definition) is 2. The average molecular weight is 271 g/mol. The lowest BCUT2D eigenvalue weighted by Crippen LogP contribution is -1.91. The fourth-order valence-electron chi connectivity index (χ4n) is 1.30. The molecular weight excluding hydrogens is 260 g/mol. The topological polar surface area (TPSA) is 57.5 Å². The number of aliphatic carboxylic acids is 1. The molecule has 0 aromatic heterocycles. The molecule has 1 aromatic rings. The maximum absolute atomic E-state index is 10.4. The molecule has 1 aromatic carbocycles. The van der Waals surface area contributed by atoms with Crippen LogP contribution < -0.4 is 0 Å². The van der Waals surface area contributed by atoms with Crippen LogP contribution in [0.25, 0.3) is 6.08 Å². The first-order valence-electron chi connectivity index (χ1n) is 4.47. The Kier molecular flexibility index (Phi) is 3.91. The van der Waals surface area contributed by atoms with Gasteiger partial charge in [-0.2, -0.15) is 0 Å². The molecule has 0 bridgehead atoms. The Morgan fingerprint density at radius 1 is 1.53 bits per heavy atom. The van der Waals surface area contributed by atoms with Gasteiger partial charge in [0.15, 0.2) is 0 Å². The van der Waals surface area contributed by atoms with Crippen LogP contribution in [0.3, 0.4) is 0 Å². The van der Waals surface area contributed by atoms with E-state index in [2.05, 4.69) is 15.9 Å². The van der Waals surface area contributed by atoms with Crippen LogP contribution in [0.1, 0.15) is 18.1 Å². The van der Waals surface area contributed by atoms with Crippen LogP contribution in [0.5, 0.6) is 5.75 Å². The molecule has 0 saturated heterocycles. The van der Waals surface area contributed by atoms with Crippen molar-refractivity contribution in [1.82, 2.24) is 0 Å². The van der Waals surface area contributed by atoms with Gasteiger partial charge in [0.1, 0.15) is 5.75 Å². The summed E-state index contributed by atoms with van der Waals surface area (Å²) in [6.07, 6.45) is 3.32. The lowest BCUT2D eigenvalue weighted by atomic mass is 10.0. The highest BCUT2D eigenvalue weighted by Gasteiger charge is 2.07. The third-order valence-corrected chi connectivity index (χ3v) is 2.90. The molecule has 0 aliphatic carbocycles. The molecule has 4 heteroatoms. The van der Waals surface area contributed by atoms with Gasteiger partial charge in [0, 0.05) is 6.08 Å². The van der Waals surface area contributed by atoms with E-state index < -0.39 is 5.97 Å². The zero-order valence-electron chi connectivity index (χ0n) is 8.20. The molecule has 0 spiro atoms. The predicted octanol–water partition coefficient (Wildman–Crippen LogP) is 2.81. The average Bonchev–Trinajstić information content (AvgIpc) is 2.19. The maximum atomic E-state index is 10.4. The summed E-state index contributed by atoms with van der Waals surface area (Å²) in [4.78, 5) is 10.4. The van der Waals surface area contributed by atoms with Gasteiger partial charge < -0.3 is 10.2 Å². The monoisotopic (exact) mass is 270 g/mol. The van der Waals surface area contributed by atoms with Crippen molar-refractivity contribution >= 4 is 28.0 Å². The Hall–Kier alpha value is -1.29. The molecule has 1 rings (SSSR count). The Morgan fingerprint density at radius 2 is 2.20 bits per heavy atom. The zero-order valence-corrected chi connectivity index (χ0v) is 9.78. The lowest BCUT2D eigenvalue weighted by Gasteiger charge is -2.07. The van der Waals surface area contributed by atoms with E-state index in [0.29, 0.717) is 10.9 Å². The molecule has 0 amide bonds. The van der Waals surface area contributed by atoms with Gasteiger partial charge in [0.25, 0.3) is 0 Å². The van der Waals surface area contributed by atoms with Crippen molar-refractivity contribution in [1.29, 1.82) is 0 Å². The molecule has 2 N–H and O–H groups in total. The summed E-state index contributed by atoms with van der Waals surface area (Å²) in [7, 11) is 0. The summed E-state index contributed by atoms with van der Waals surface area (Å²) in [5, 5.41) is 18.0. The third kappa shape index (κ3) is 2.83. The van der Waals surface area contributed by atoms with E-state index in [1.165, 1.54) is 12.1 Å². The van der Waals surface area contributed by atoms with Crippen LogP contribution in [0, 0.1) is 0 Å². The van der Waals surface area contributed by atoms with Crippen LogP contribution in [0.2, 0.25) is 0 Å². The molecule has 0 saturated carbocycles. The second-order valence-electron chi connectivity index (χ2n) is 2.99. The molecule has 0 aliphatic heterocycles. The van der Waals surface area contributed by atoms with Gasteiger partial charge in [-0.25, -0.2) is 4.79 Å². The summed E-state index contributed by atoms with van der Waals surface area (Å²) >= 11 is 3.27. The van der Waals surface area contributed by atoms with E-state index in [4.69, 9.17) is 5.11 Å². The van der Waals surface area contributed by atoms with Gasteiger partial charge in [-0.15, -0.1) is 0 Å². The Labute approximate surface area is 96.2 Å². The minimum absolute atomic E-state index is 0.166. The van der Waals surface area contributed by atoms with Gasteiger partial charge in [-0.05, 0) is 45.6 Å². The predicted molar refractivity (Wildman–Crippen MR) is 61.9 cm³/mol. The zero-order chi connectivity index (χ0) is 11.4. The van der Waals surface area contributed by atoms with E-state index in [-0.39, 0.29) is 5.75 Å². The second-order valence-corrected chi connectivity index (χ2v) is 3.78. The van der Waals surface area contributed by atoms with Gasteiger partial charge in [0.05, 0.1) is 4.47 Å². The molecule has 0 atom stereocenters. The second kappa shape index (κ2) is 4.98. The fourth-order valence-corrected chi connectivity index (χ4v) is 1.94. The molecule has 3 nitrogen and oxygen atoms in total. The molecule has 0 aliphatic rings. The number of rotatable bonds is 3. The number of benzene rings is 1. The van der Waals surface area contributed by atoms with E-state index in [1.807, 2.05) is 6.92 Å². The molecule has 0 fully saturated rings. The quantitative estimate of drug-likeness (QED) is 0.831. The molecule has 15 heavy (non-hydrogen) atoms. The number of carbonyl (C=O) groups is 1. The number of phenolic OH excluding ortho intramolecular Hbond substituents is 1. The molecule has 0 radical (unpaired) electrons. The number of aromatic hydroxyl groups is 1. The van der Waals surface area contributed by atoms with Crippen LogP contribution >= 0.6 is 15.9 Å². The number of carboxylic acids is 1. The minimum atomic E-state index is -0.985. The van der Waals surface area contributed by atoms with Crippen molar-refractivity contribution in [3.63, 3.8) is 0 Å². The molecular formula is C11H11BrO3. The van der Waals surface area contributed by atoms with Gasteiger partial charge in [-0.1, -0.05) is 13.0 Å². The van der Waals surface area contributed by atoms with E-state index in [0.717, 1.165) is 17.2 Å². The maximum Gasteiger partial charge on any atom is 0.328 e. The summed E-state index contributed by atoms with van der Waals surface area (Å²) < 4.78 is 0.623. The van der Waals surface area contributed by atoms with Crippen LogP contribution in [-0.2, 0) is 11.2 Å². The van der Waals surface area contributed by atoms with Crippen molar-refractivity contribution in [2.75, 3.05) is 0 Å². The summed E-state index contributed by atoms with van der Waals surface area (Å²) in [6, 6.07) is 3.23. The Morgan fingerprint density at radius 3 is 2.73 bits per heavy atom. The van der Waals surface area contributed by atoms with Crippen LogP contribution in [-0.4, -0.2) is 16.2 Å². The van der Waals surface area contributed by atoms with Crippen molar-refractivity contribution in [2.45, 2.75) is 13.3 Å². The highest BCUT2D eigenvalue weighted by Crippen LogP contribution is 2.31. The number of halogens is 1. The standard InChI is InChI=1S/C11H11BrO3/c1-2-8-7(4-6-10(14)15)3-5-9(13)11(8)12/h3-6,13H,2H2,1H3,(H,14,15). The van der Waals surface area contributed by atoms with Crippen molar-refractivity contribution < 1.29 is 15.0 Å². The highest BCUT2D eigenvalue weighted by atomic mass is 79.9. The first-order valence-corrected chi connectivity index (χ1v) is 5.27. The summed E-state index contributed by atoms with van der Waals surface area (Å²) in [5.41, 5.74) is 1.69. The van der Waals surface area contributed by atoms with Crippen LogP contribution in [0.15, 0.2) is 22.7 Å². The highest BCUT2D eigenvalue weighted by molar-refractivity contribution is 9.10. The van der Waals surface area contributed by atoms with Crippen molar-refractivity contribution in [3.8, 4) is 5.75 Å². The SMILES string of the molecule is CCc1c(C=CC(=O)O)ccc(O)c1Br. The smallest absolute Gasteiger partial charge is 0.328 e. The summed E-state index contributed by atoms with van der Waals surface area (Å²) in [5.74, 6) is -0.819. The fraction of sp³-hybridized carbons (Fsp3) is 0.182. The largest absolute Gasteiger partial charge is 0.507 e. The van der Waals surface area contributed by atoms with E-state index in [1.54, 1.807) is 6.07 Å². The van der Waals surface area contributed by atoms with Gasteiger partial charge in [-0.3, -0.25) is 0 Å². The Bertz CT molecular complexity index is 411. The van der Waals surface area contributed by atoms with Gasteiger partial charge in [0.2, 0.25) is 0 Å². The minimum Gasteiger partial charge on any atom is -0.507 e. The lowest BCUT2D eigenvalue weighted by molar-refractivity contribution is -0.131. The first-order chi connectivity index (χ1) is 7.06. The normalized spacial score (nSPS) is 10.8. The first kappa shape index (κ1) is 11.8. The van der Waals surface area contributed by atoms with E-state index in [9.17, 15) is 9.90 Å². The third-order valence-electron chi connectivity index (χ3n) is 2.02. The van der Waals surface area contributed by atoms with Crippen molar-refractivity contribution in [3.05, 3.63) is 33.8 Å².